The van der Waals surface area contributed by atoms with Gasteiger partial charge in [-0.25, -0.2) is 0 Å². The third-order valence-electron chi connectivity index (χ3n) is 5.20. The average Bonchev–Trinajstić information content (AvgIpc) is 3.35. The summed E-state index contributed by atoms with van der Waals surface area (Å²) in [4.78, 5) is 16.8. The SMILES string of the molecule is CC1(C2=C(/C=C/C(=O)Nc3cccc(-c4ccn[nH]4)c3)CC=NC=C2)CNNC1. The molecule has 0 aliphatic carbocycles. The number of hydrogen-bond donors (Lipinski definition) is 4. The summed E-state index contributed by atoms with van der Waals surface area (Å²) in [5.41, 5.74) is 11.2. The Hall–Kier alpha value is -3.29. The van der Waals surface area contributed by atoms with Gasteiger partial charge in [-0.1, -0.05) is 25.1 Å². The molecule has 0 unspecified atom stereocenters. The maximum Gasteiger partial charge on any atom is 0.248 e. The maximum absolute atomic E-state index is 12.5. The van der Waals surface area contributed by atoms with Crippen LogP contribution in [0.2, 0.25) is 0 Å². The number of carbonyl (C=O) groups is 1. The molecular weight excluding hydrogens is 364 g/mol. The van der Waals surface area contributed by atoms with Crippen LogP contribution in [-0.2, 0) is 4.79 Å². The maximum atomic E-state index is 12.5. The van der Waals surface area contributed by atoms with E-state index in [1.165, 1.54) is 5.57 Å². The molecule has 0 bridgehead atoms. The van der Waals surface area contributed by atoms with Gasteiger partial charge in [-0.2, -0.15) is 5.10 Å². The van der Waals surface area contributed by atoms with E-state index in [-0.39, 0.29) is 11.3 Å². The Kier molecular flexibility index (Phi) is 5.50. The summed E-state index contributed by atoms with van der Waals surface area (Å²) in [6, 6.07) is 9.56. The molecule has 0 spiro atoms. The summed E-state index contributed by atoms with van der Waals surface area (Å²) in [6.07, 6.45) is 11.6. The Morgan fingerprint density at radius 2 is 2.10 bits per heavy atom. The first kappa shape index (κ1) is 19.0. The van der Waals surface area contributed by atoms with Crippen molar-refractivity contribution in [2.75, 3.05) is 18.4 Å². The molecular formula is C22H24N6O. The first-order valence-electron chi connectivity index (χ1n) is 9.60. The molecule has 0 atom stereocenters. The van der Waals surface area contributed by atoms with Gasteiger partial charge < -0.3 is 5.32 Å². The van der Waals surface area contributed by atoms with Gasteiger partial charge in [0, 0.05) is 60.9 Å². The molecule has 2 aliphatic heterocycles. The van der Waals surface area contributed by atoms with E-state index >= 15 is 0 Å². The van der Waals surface area contributed by atoms with E-state index in [4.69, 9.17) is 0 Å². The van der Waals surface area contributed by atoms with E-state index in [0.717, 1.165) is 35.6 Å². The van der Waals surface area contributed by atoms with Crippen LogP contribution in [0, 0.1) is 5.41 Å². The van der Waals surface area contributed by atoms with E-state index in [9.17, 15) is 4.79 Å². The van der Waals surface area contributed by atoms with Crippen molar-refractivity contribution in [2.45, 2.75) is 13.3 Å². The monoisotopic (exact) mass is 388 g/mol. The minimum absolute atomic E-state index is 0.0429. The van der Waals surface area contributed by atoms with E-state index in [2.05, 4.69) is 38.3 Å². The molecule has 1 amide bonds. The van der Waals surface area contributed by atoms with Crippen LogP contribution >= 0.6 is 0 Å². The highest BCUT2D eigenvalue weighted by atomic mass is 16.1. The number of carbonyl (C=O) groups excluding carboxylic acids is 1. The number of aromatic nitrogens is 2. The number of hydrogen-bond acceptors (Lipinski definition) is 5. The van der Waals surface area contributed by atoms with Gasteiger partial charge in [-0.15, -0.1) is 0 Å². The zero-order chi connectivity index (χ0) is 20.1. The third kappa shape index (κ3) is 4.42. The number of nitrogens with zero attached hydrogens (tertiary/aromatic N) is 2. The Bertz CT molecular complexity index is 994. The summed E-state index contributed by atoms with van der Waals surface area (Å²) in [7, 11) is 0. The minimum atomic E-state index is -0.170. The normalized spacial score (nSPS) is 18.4. The summed E-state index contributed by atoms with van der Waals surface area (Å²) < 4.78 is 0. The lowest BCUT2D eigenvalue weighted by Crippen LogP contribution is -2.25. The van der Waals surface area contributed by atoms with E-state index in [1.54, 1.807) is 12.3 Å². The summed E-state index contributed by atoms with van der Waals surface area (Å²) in [6.45, 7) is 3.87. The van der Waals surface area contributed by atoms with Gasteiger partial charge in [-0.3, -0.25) is 25.7 Å². The van der Waals surface area contributed by atoms with Crippen LogP contribution < -0.4 is 16.2 Å². The number of allylic oxidation sites excluding steroid dienone is 3. The second-order valence-electron chi connectivity index (χ2n) is 7.43. The molecule has 7 nitrogen and oxygen atoms in total. The lowest BCUT2D eigenvalue weighted by atomic mass is 9.79. The first-order chi connectivity index (χ1) is 14.1. The number of aliphatic imine (C=N–C) groups is 1. The van der Waals surface area contributed by atoms with Crippen LogP contribution in [0.3, 0.4) is 0 Å². The highest BCUT2D eigenvalue weighted by Crippen LogP contribution is 2.33. The molecule has 1 aromatic carbocycles. The Morgan fingerprint density at radius 3 is 2.90 bits per heavy atom. The molecule has 2 aliphatic rings. The second kappa shape index (κ2) is 8.38. The largest absolute Gasteiger partial charge is 0.322 e. The number of nitrogens with one attached hydrogen (secondary N) is 4. The molecule has 1 fully saturated rings. The molecule has 4 N–H and O–H groups in total. The number of rotatable bonds is 5. The molecule has 7 heteroatoms. The molecule has 3 heterocycles. The predicted octanol–water partition coefficient (Wildman–Crippen LogP) is 2.97. The lowest BCUT2D eigenvalue weighted by Gasteiger charge is -2.25. The van der Waals surface area contributed by atoms with Crippen LogP contribution in [0.5, 0.6) is 0 Å². The van der Waals surface area contributed by atoms with Gasteiger partial charge in [0.15, 0.2) is 0 Å². The van der Waals surface area contributed by atoms with Gasteiger partial charge in [0.05, 0.1) is 5.69 Å². The summed E-state index contributed by atoms with van der Waals surface area (Å²) in [5, 5.41) is 9.84. The standard InChI is InChI=1S/C22H24N6O/c1-22(14-25-26-15-22)19-8-11-23-10-7-16(19)5-6-21(29)27-18-4-2-3-17(13-18)20-9-12-24-28-20/h2-6,8-13,25-26H,7,14-15H2,1H3,(H,24,28)(H,27,29)/b6-5+. The fraction of sp³-hybridized carbons (Fsp3) is 0.227. The fourth-order valence-corrected chi connectivity index (χ4v) is 3.60. The molecule has 148 valence electrons. The zero-order valence-corrected chi connectivity index (χ0v) is 16.3. The average molecular weight is 388 g/mol. The summed E-state index contributed by atoms with van der Waals surface area (Å²) >= 11 is 0. The van der Waals surface area contributed by atoms with E-state index < -0.39 is 0 Å². The number of H-pyrrole nitrogens is 1. The molecule has 1 aromatic heterocycles. The van der Waals surface area contributed by atoms with Crippen molar-refractivity contribution in [2.24, 2.45) is 10.4 Å². The van der Waals surface area contributed by atoms with Crippen molar-refractivity contribution in [3.63, 3.8) is 0 Å². The highest BCUT2D eigenvalue weighted by molar-refractivity contribution is 6.00. The molecule has 29 heavy (non-hydrogen) atoms. The summed E-state index contributed by atoms with van der Waals surface area (Å²) in [5.74, 6) is -0.170. The smallest absolute Gasteiger partial charge is 0.248 e. The van der Waals surface area contributed by atoms with Crippen LogP contribution in [0.1, 0.15) is 13.3 Å². The van der Waals surface area contributed by atoms with Crippen molar-refractivity contribution in [3.05, 3.63) is 72.1 Å². The number of amides is 1. The second-order valence-corrected chi connectivity index (χ2v) is 7.43. The van der Waals surface area contributed by atoms with Crippen molar-refractivity contribution in [3.8, 4) is 11.3 Å². The highest BCUT2D eigenvalue weighted by Gasteiger charge is 2.33. The Morgan fingerprint density at radius 1 is 1.24 bits per heavy atom. The van der Waals surface area contributed by atoms with Crippen LogP contribution in [-0.4, -0.2) is 35.4 Å². The van der Waals surface area contributed by atoms with Crippen LogP contribution in [0.25, 0.3) is 11.3 Å². The van der Waals surface area contributed by atoms with Gasteiger partial charge in [0.25, 0.3) is 0 Å². The molecule has 2 aromatic rings. The van der Waals surface area contributed by atoms with Crippen molar-refractivity contribution < 1.29 is 4.79 Å². The van der Waals surface area contributed by atoms with Gasteiger partial charge in [0.1, 0.15) is 0 Å². The van der Waals surface area contributed by atoms with E-state index in [0.29, 0.717) is 6.42 Å². The Labute approximate surface area is 169 Å². The topological polar surface area (TPSA) is 94.2 Å². The first-order valence-corrected chi connectivity index (χ1v) is 9.60. The zero-order valence-electron chi connectivity index (χ0n) is 16.3. The predicted molar refractivity (Wildman–Crippen MR) is 115 cm³/mol. The lowest BCUT2D eigenvalue weighted by molar-refractivity contribution is -0.111. The molecule has 0 radical (unpaired) electrons. The minimum Gasteiger partial charge on any atom is -0.322 e. The number of aromatic amines is 1. The number of anilines is 1. The van der Waals surface area contributed by atoms with Gasteiger partial charge in [-0.05, 0) is 35.4 Å². The van der Waals surface area contributed by atoms with Gasteiger partial charge >= 0.3 is 0 Å². The fourth-order valence-electron chi connectivity index (χ4n) is 3.60. The van der Waals surface area contributed by atoms with Crippen LogP contribution in [0.4, 0.5) is 5.69 Å². The molecule has 1 saturated heterocycles. The Balaban J connectivity index is 1.51. The number of hydrazine groups is 1. The van der Waals surface area contributed by atoms with Crippen molar-refractivity contribution >= 4 is 17.8 Å². The number of benzene rings is 1. The molecule has 4 rings (SSSR count). The van der Waals surface area contributed by atoms with E-state index in [1.807, 2.05) is 54.9 Å². The van der Waals surface area contributed by atoms with Crippen molar-refractivity contribution in [1.82, 2.24) is 21.0 Å². The molecule has 0 saturated carbocycles. The van der Waals surface area contributed by atoms with Crippen LogP contribution in [0.15, 0.2) is 77.1 Å². The van der Waals surface area contributed by atoms with Gasteiger partial charge in [0.2, 0.25) is 5.91 Å². The quantitative estimate of drug-likeness (QED) is 0.593. The van der Waals surface area contributed by atoms with Crippen molar-refractivity contribution in [1.29, 1.82) is 0 Å². The third-order valence-corrected chi connectivity index (χ3v) is 5.20.